The van der Waals surface area contributed by atoms with Crippen molar-refractivity contribution in [3.63, 3.8) is 0 Å². The molecule has 1 atom stereocenters. The van der Waals surface area contributed by atoms with Crippen LogP contribution in [0, 0.1) is 0 Å². The molecular formula is C20H13Cl2F3N2O2. The van der Waals surface area contributed by atoms with Crippen LogP contribution in [0.25, 0.3) is 10.8 Å². The molecule has 1 unspecified atom stereocenters. The Hall–Kier alpha value is -2.64. The average Bonchev–Trinajstić information content (AvgIpc) is 2.69. The van der Waals surface area contributed by atoms with Gasteiger partial charge in [0.1, 0.15) is 5.92 Å². The number of methoxy groups -OCH3 is 1. The topological polar surface area (TPSA) is 51.5 Å². The van der Waals surface area contributed by atoms with Gasteiger partial charge in [0.2, 0.25) is 0 Å². The van der Waals surface area contributed by atoms with Crippen LogP contribution >= 0.6 is 23.2 Å². The number of pyridine rings is 1. The molecule has 0 bridgehead atoms. The highest BCUT2D eigenvalue weighted by Gasteiger charge is 2.33. The van der Waals surface area contributed by atoms with E-state index in [9.17, 15) is 18.0 Å². The van der Waals surface area contributed by atoms with E-state index < -0.39 is 23.6 Å². The van der Waals surface area contributed by atoms with Gasteiger partial charge >= 0.3 is 12.1 Å². The molecule has 9 heteroatoms. The van der Waals surface area contributed by atoms with Gasteiger partial charge in [0.15, 0.2) is 0 Å². The standard InChI is InChI=1S/C20H13Cl2F3N2O2/c1-29-19(28)14(18-16(22)8-11(9-27-18)20(23,24)25)10-26-17-7-6-15(21)12-4-2-3-5-13(12)17/h2-10,14H,1H3. The fourth-order valence-corrected chi connectivity index (χ4v) is 3.23. The van der Waals surface area contributed by atoms with Gasteiger partial charge in [0.05, 0.1) is 29.1 Å². The molecule has 2 aromatic carbocycles. The number of carbonyl (C=O) groups is 1. The SMILES string of the molecule is COC(=O)C(C=Nc1ccc(Cl)c2ccccc12)c1ncc(C(F)(F)F)cc1Cl. The summed E-state index contributed by atoms with van der Waals surface area (Å²) in [5, 5.41) is 1.73. The van der Waals surface area contributed by atoms with Crippen molar-refractivity contribution < 1.29 is 22.7 Å². The Morgan fingerprint density at radius 2 is 1.83 bits per heavy atom. The zero-order valence-electron chi connectivity index (χ0n) is 14.9. The third kappa shape index (κ3) is 4.52. The number of fused-ring (bicyclic) bond motifs is 1. The Bertz CT molecular complexity index is 1100. The summed E-state index contributed by atoms with van der Waals surface area (Å²) in [6, 6.07) is 11.3. The van der Waals surface area contributed by atoms with Gasteiger partial charge in [0.25, 0.3) is 0 Å². The van der Waals surface area contributed by atoms with Crippen molar-refractivity contribution in [2.45, 2.75) is 12.1 Å². The predicted octanol–water partition coefficient (Wildman–Crippen LogP) is 6.22. The fourth-order valence-electron chi connectivity index (χ4n) is 2.72. The van der Waals surface area contributed by atoms with Gasteiger partial charge in [-0.2, -0.15) is 13.2 Å². The molecule has 150 valence electrons. The molecule has 0 fully saturated rings. The minimum atomic E-state index is -4.60. The number of nitrogens with zero attached hydrogens (tertiary/aromatic N) is 2. The molecule has 3 aromatic rings. The summed E-state index contributed by atoms with van der Waals surface area (Å²) < 4.78 is 43.3. The predicted molar refractivity (Wildman–Crippen MR) is 106 cm³/mol. The van der Waals surface area contributed by atoms with Gasteiger partial charge in [-0.05, 0) is 18.2 Å². The number of rotatable bonds is 4. The first-order valence-electron chi connectivity index (χ1n) is 8.24. The molecule has 1 heterocycles. The number of hydrogen-bond donors (Lipinski definition) is 0. The van der Waals surface area contributed by atoms with Gasteiger partial charge < -0.3 is 4.74 Å². The van der Waals surface area contributed by atoms with Crippen molar-refractivity contribution in [3.8, 4) is 0 Å². The summed E-state index contributed by atoms with van der Waals surface area (Å²) in [5.74, 6) is -1.95. The second-order valence-corrected chi connectivity index (χ2v) is 6.79. The number of carbonyl (C=O) groups excluding carboxylic acids is 1. The Morgan fingerprint density at radius 1 is 1.14 bits per heavy atom. The molecular weight excluding hydrogens is 428 g/mol. The molecule has 0 saturated heterocycles. The van der Waals surface area contributed by atoms with E-state index in [1.807, 2.05) is 24.3 Å². The van der Waals surface area contributed by atoms with Gasteiger partial charge in [-0.15, -0.1) is 0 Å². The molecule has 0 aliphatic carbocycles. The van der Waals surface area contributed by atoms with Crippen LogP contribution in [0.5, 0.6) is 0 Å². The van der Waals surface area contributed by atoms with Crippen molar-refractivity contribution >= 4 is 51.8 Å². The van der Waals surface area contributed by atoms with E-state index in [1.165, 1.54) is 6.21 Å². The maximum Gasteiger partial charge on any atom is 0.417 e. The first-order valence-corrected chi connectivity index (χ1v) is 9.00. The Kier molecular flexibility index (Phi) is 6.10. The maximum absolute atomic E-state index is 12.8. The lowest BCUT2D eigenvalue weighted by molar-refractivity contribution is -0.140. The molecule has 1 aromatic heterocycles. The Morgan fingerprint density at radius 3 is 2.45 bits per heavy atom. The second-order valence-electron chi connectivity index (χ2n) is 5.98. The van der Waals surface area contributed by atoms with E-state index in [0.29, 0.717) is 23.0 Å². The number of benzene rings is 2. The first kappa shape index (κ1) is 21.1. The van der Waals surface area contributed by atoms with Crippen LogP contribution in [0.2, 0.25) is 10.0 Å². The second kappa shape index (κ2) is 8.39. The number of hydrogen-bond acceptors (Lipinski definition) is 4. The van der Waals surface area contributed by atoms with Crippen molar-refractivity contribution in [1.82, 2.24) is 4.98 Å². The zero-order chi connectivity index (χ0) is 21.2. The molecule has 0 radical (unpaired) electrons. The quantitative estimate of drug-likeness (QED) is 0.357. The number of aromatic nitrogens is 1. The third-order valence-corrected chi connectivity index (χ3v) is 4.79. The smallest absolute Gasteiger partial charge is 0.417 e. The van der Waals surface area contributed by atoms with Crippen molar-refractivity contribution in [2.75, 3.05) is 7.11 Å². The lowest BCUT2D eigenvalue weighted by Crippen LogP contribution is -2.18. The van der Waals surface area contributed by atoms with Crippen LogP contribution in [0.3, 0.4) is 0 Å². The molecule has 0 N–H and O–H groups in total. The van der Waals surface area contributed by atoms with Gasteiger partial charge in [-0.25, -0.2) is 0 Å². The highest BCUT2D eigenvalue weighted by atomic mass is 35.5. The fraction of sp³-hybridized carbons (Fsp3) is 0.150. The molecule has 29 heavy (non-hydrogen) atoms. The monoisotopic (exact) mass is 440 g/mol. The van der Waals surface area contributed by atoms with Crippen LogP contribution in [0.4, 0.5) is 18.9 Å². The van der Waals surface area contributed by atoms with Crippen molar-refractivity contribution in [2.24, 2.45) is 4.99 Å². The summed E-state index contributed by atoms with van der Waals surface area (Å²) >= 11 is 12.2. The summed E-state index contributed by atoms with van der Waals surface area (Å²) in [4.78, 5) is 20.3. The highest BCUT2D eigenvalue weighted by molar-refractivity contribution is 6.36. The Balaban J connectivity index is 2.04. The van der Waals surface area contributed by atoms with E-state index in [2.05, 4.69) is 9.98 Å². The van der Waals surface area contributed by atoms with Crippen LogP contribution in [-0.4, -0.2) is 24.3 Å². The molecule has 0 aliphatic heterocycles. The van der Waals surface area contributed by atoms with E-state index in [1.54, 1.807) is 12.1 Å². The normalized spacial score (nSPS) is 13.0. The number of ether oxygens (including phenoxy) is 1. The molecule has 0 amide bonds. The molecule has 0 aliphatic rings. The minimum absolute atomic E-state index is 0.0893. The van der Waals surface area contributed by atoms with Gasteiger partial charge in [-0.3, -0.25) is 14.8 Å². The highest BCUT2D eigenvalue weighted by Crippen LogP contribution is 2.34. The third-order valence-electron chi connectivity index (χ3n) is 4.16. The largest absolute Gasteiger partial charge is 0.468 e. The van der Waals surface area contributed by atoms with Crippen LogP contribution in [0.1, 0.15) is 17.2 Å². The van der Waals surface area contributed by atoms with E-state index in [-0.39, 0.29) is 10.7 Å². The number of halogens is 5. The van der Waals surface area contributed by atoms with Gasteiger partial charge in [-0.1, -0.05) is 47.5 Å². The van der Waals surface area contributed by atoms with Crippen molar-refractivity contribution in [3.05, 3.63) is 70.0 Å². The summed E-state index contributed by atoms with van der Waals surface area (Å²) in [6.45, 7) is 0. The Labute approximate surface area is 173 Å². The zero-order valence-corrected chi connectivity index (χ0v) is 16.4. The van der Waals surface area contributed by atoms with Crippen molar-refractivity contribution in [1.29, 1.82) is 0 Å². The summed E-state index contributed by atoms with van der Waals surface area (Å²) in [7, 11) is 1.15. The summed E-state index contributed by atoms with van der Waals surface area (Å²) in [6.07, 6.45) is -2.75. The first-order chi connectivity index (χ1) is 13.7. The lowest BCUT2D eigenvalue weighted by Gasteiger charge is -2.13. The minimum Gasteiger partial charge on any atom is -0.468 e. The number of alkyl halides is 3. The lowest BCUT2D eigenvalue weighted by atomic mass is 10.0. The molecule has 0 spiro atoms. The number of aliphatic imine (C=N–C) groups is 1. The van der Waals surface area contributed by atoms with Crippen LogP contribution in [0.15, 0.2) is 53.7 Å². The van der Waals surface area contributed by atoms with E-state index >= 15 is 0 Å². The van der Waals surface area contributed by atoms with E-state index in [0.717, 1.165) is 17.9 Å². The summed E-state index contributed by atoms with van der Waals surface area (Å²) in [5.41, 5.74) is -0.592. The molecule has 0 saturated carbocycles. The van der Waals surface area contributed by atoms with E-state index in [4.69, 9.17) is 27.9 Å². The van der Waals surface area contributed by atoms with Crippen LogP contribution < -0.4 is 0 Å². The maximum atomic E-state index is 12.8. The average molecular weight is 441 g/mol. The number of esters is 1. The molecule has 3 rings (SSSR count). The van der Waals surface area contributed by atoms with Crippen LogP contribution in [-0.2, 0) is 15.7 Å². The molecule has 4 nitrogen and oxygen atoms in total. The van der Waals surface area contributed by atoms with Gasteiger partial charge in [0, 0.05) is 28.2 Å².